The van der Waals surface area contributed by atoms with Gasteiger partial charge in [0.1, 0.15) is 5.82 Å². The van der Waals surface area contributed by atoms with Gasteiger partial charge in [-0.2, -0.15) is 0 Å². The van der Waals surface area contributed by atoms with E-state index >= 15 is 0 Å². The number of hydrogen-bond donors (Lipinski definition) is 1. The molecule has 1 aliphatic rings. The average Bonchev–Trinajstić information content (AvgIpc) is 2.81. The van der Waals surface area contributed by atoms with E-state index in [9.17, 15) is 0 Å². The third-order valence-corrected chi connectivity index (χ3v) is 4.32. The molecule has 1 N–H and O–H groups in total. The maximum absolute atomic E-state index is 4.83. The molecule has 1 heterocycles. The maximum Gasteiger partial charge on any atom is 0.110 e. The highest BCUT2D eigenvalue weighted by Gasteiger charge is 2.37. The van der Waals surface area contributed by atoms with Crippen LogP contribution in [0.2, 0.25) is 0 Å². The van der Waals surface area contributed by atoms with Gasteiger partial charge in [-0.25, -0.2) is 4.98 Å². The summed E-state index contributed by atoms with van der Waals surface area (Å²) in [7, 11) is 0. The summed E-state index contributed by atoms with van der Waals surface area (Å²) < 4.78 is 0. The Balaban J connectivity index is 2.10. The minimum absolute atomic E-state index is 0.391. The third kappa shape index (κ3) is 1.67. The van der Waals surface area contributed by atoms with E-state index in [0.717, 1.165) is 5.52 Å². The topological polar surface area (TPSA) is 28.7 Å². The molecule has 3 rings (SSSR count). The second kappa shape index (κ2) is 3.59. The summed E-state index contributed by atoms with van der Waals surface area (Å²) in [6.07, 6.45) is 3.91. The van der Waals surface area contributed by atoms with Crippen molar-refractivity contribution < 1.29 is 0 Å². The molecule has 1 aromatic carbocycles. The first-order valence-corrected chi connectivity index (χ1v) is 6.53. The summed E-state index contributed by atoms with van der Waals surface area (Å²) in [6.45, 7) is 6.86. The molecule has 0 saturated heterocycles. The molecule has 0 radical (unpaired) electrons. The fourth-order valence-corrected chi connectivity index (χ4v) is 3.19. The van der Waals surface area contributed by atoms with Crippen molar-refractivity contribution in [1.29, 1.82) is 0 Å². The predicted molar refractivity (Wildman–Crippen MR) is 71.2 cm³/mol. The van der Waals surface area contributed by atoms with Gasteiger partial charge in [-0.1, -0.05) is 32.4 Å². The van der Waals surface area contributed by atoms with Crippen LogP contribution in [0, 0.1) is 12.3 Å². The van der Waals surface area contributed by atoms with Crippen molar-refractivity contribution in [3.63, 3.8) is 0 Å². The van der Waals surface area contributed by atoms with Crippen LogP contribution in [0.3, 0.4) is 0 Å². The van der Waals surface area contributed by atoms with E-state index in [0.29, 0.717) is 11.3 Å². The van der Waals surface area contributed by atoms with Gasteiger partial charge < -0.3 is 4.98 Å². The number of benzene rings is 1. The van der Waals surface area contributed by atoms with E-state index in [2.05, 4.69) is 44.0 Å². The second-order valence-corrected chi connectivity index (χ2v) is 6.03. The Morgan fingerprint density at radius 2 is 2.18 bits per heavy atom. The minimum atomic E-state index is 0.391. The number of imidazole rings is 1. The molecule has 1 atom stereocenters. The molecular formula is C15H20N2. The van der Waals surface area contributed by atoms with Gasteiger partial charge in [-0.3, -0.25) is 0 Å². The van der Waals surface area contributed by atoms with Crippen LogP contribution >= 0.6 is 0 Å². The van der Waals surface area contributed by atoms with Gasteiger partial charge in [0, 0.05) is 5.92 Å². The van der Waals surface area contributed by atoms with Crippen LogP contribution < -0.4 is 0 Å². The summed E-state index contributed by atoms with van der Waals surface area (Å²) in [5.41, 5.74) is 3.98. The zero-order chi connectivity index (χ0) is 12.0. The highest BCUT2D eigenvalue weighted by Crippen LogP contribution is 2.48. The van der Waals surface area contributed by atoms with Gasteiger partial charge in [0.25, 0.3) is 0 Å². The van der Waals surface area contributed by atoms with Gasteiger partial charge in [-0.05, 0) is 36.8 Å². The van der Waals surface area contributed by atoms with E-state index in [-0.39, 0.29) is 0 Å². The average molecular weight is 228 g/mol. The number of aryl methyl sites for hydroxylation is 1. The molecule has 1 fully saturated rings. The van der Waals surface area contributed by atoms with Crippen molar-refractivity contribution in [2.45, 2.75) is 46.0 Å². The molecule has 17 heavy (non-hydrogen) atoms. The van der Waals surface area contributed by atoms with Crippen LogP contribution in [0.5, 0.6) is 0 Å². The van der Waals surface area contributed by atoms with E-state index in [1.54, 1.807) is 0 Å². The number of para-hydroxylation sites is 1. The zero-order valence-electron chi connectivity index (χ0n) is 10.9. The largest absolute Gasteiger partial charge is 0.342 e. The van der Waals surface area contributed by atoms with Crippen LogP contribution in [0.1, 0.15) is 50.4 Å². The Labute approximate surface area is 102 Å². The quantitative estimate of drug-likeness (QED) is 0.780. The van der Waals surface area contributed by atoms with Crippen molar-refractivity contribution in [1.82, 2.24) is 9.97 Å². The molecule has 2 heteroatoms. The summed E-state index contributed by atoms with van der Waals surface area (Å²) >= 11 is 0. The summed E-state index contributed by atoms with van der Waals surface area (Å²) in [5, 5.41) is 0. The number of aromatic nitrogens is 2. The number of fused-ring (bicyclic) bond motifs is 1. The number of nitrogens with one attached hydrogen (secondary N) is 1. The Bertz CT molecular complexity index is 551. The lowest BCUT2D eigenvalue weighted by atomic mass is 9.81. The Hall–Kier alpha value is -1.31. The summed E-state index contributed by atoms with van der Waals surface area (Å²) in [4.78, 5) is 8.36. The van der Waals surface area contributed by atoms with E-state index < -0.39 is 0 Å². The summed E-state index contributed by atoms with van der Waals surface area (Å²) in [5.74, 6) is 1.78. The van der Waals surface area contributed by atoms with Crippen molar-refractivity contribution in [2.24, 2.45) is 5.41 Å². The first kappa shape index (κ1) is 10.8. The van der Waals surface area contributed by atoms with Crippen molar-refractivity contribution in [3.05, 3.63) is 29.6 Å². The lowest BCUT2D eigenvalue weighted by Crippen LogP contribution is -2.16. The van der Waals surface area contributed by atoms with Crippen molar-refractivity contribution >= 4 is 11.0 Å². The molecule has 2 aromatic rings. The lowest BCUT2D eigenvalue weighted by molar-refractivity contribution is 0.324. The minimum Gasteiger partial charge on any atom is -0.342 e. The Kier molecular flexibility index (Phi) is 2.29. The van der Waals surface area contributed by atoms with Crippen LogP contribution in [0.4, 0.5) is 0 Å². The van der Waals surface area contributed by atoms with Crippen molar-refractivity contribution in [3.8, 4) is 0 Å². The molecule has 1 aromatic heterocycles. The van der Waals surface area contributed by atoms with Gasteiger partial charge in [-0.15, -0.1) is 0 Å². The highest BCUT2D eigenvalue weighted by molar-refractivity contribution is 5.78. The molecule has 0 bridgehead atoms. The van der Waals surface area contributed by atoms with E-state index in [1.807, 2.05) is 0 Å². The summed E-state index contributed by atoms with van der Waals surface area (Å²) in [6, 6.07) is 6.35. The molecule has 2 nitrogen and oxygen atoms in total. The van der Waals surface area contributed by atoms with Gasteiger partial charge >= 0.3 is 0 Å². The van der Waals surface area contributed by atoms with E-state index in [4.69, 9.17) is 4.98 Å². The number of H-pyrrole nitrogens is 1. The SMILES string of the molecule is Cc1cccc2[nH]c(C3CCCC3(C)C)nc12. The van der Waals surface area contributed by atoms with Gasteiger partial charge in [0.15, 0.2) is 0 Å². The maximum atomic E-state index is 4.83. The standard InChI is InChI=1S/C15H20N2/c1-10-6-4-8-12-13(10)17-14(16-12)11-7-5-9-15(11,2)3/h4,6,8,11H,5,7,9H2,1-3H3,(H,16,17). The first-order chi connectivity index (χ1) is 8.08. The van der Waals surface area contributed by atoms with Crippen LogP contribution in [0.15, 0.2) is 18.2 Å². The van der Waals surface area contributed by atoms with Crippen molar-refractivity contribution in [2.75, 3.05) is 0 Å². The highest BCUT2D eigenvalue weighted by atomic mass is 14.9. The number of rotatable bonds is 1. The Morgan fingerprint density at radius 1 is 1.35 bits per heavy atom. The smallest absolute Gasteiger partial charge is 0.110 e. The third-order valence-electron chi connectivity index (χ3n) is 4.32. The van der Waals surface area contributed by atoms with Gasteiger partial charge in [0.05, 0.1) is 11.0 Å². The molecule has 0 amide bonds. The zero-order valence-corrected chi connectivity index (χ0v) is 10.9. The van der Waals surface area contributed by atoms with Crippen LogP contribution in [0.25, 0.3) is 11.0 Å². The number of nitrogens with zero attached hydrogens (tertiary/aromatic N) is 1. The molecule has 1 unspecified atom stereocenters. The van der Waals surface area contributed by atoms with E-state index in [1.165, 1.54) is 36.2 Å². The fraction of sp³-hybridized carbons (Fsp3) is 0.533. The van der Waals surface area contributed by atoms with Gasteiger partial charge in [0.2, 0.25) is 0 Å². The number of aromatic amines is 1. The fourth-order valence-electron chi connectivity index (χ4n) is 3.19. The van der Waals surface area contributed by atoms with Crippen LogP contribution in [-0.2, 0) is 0 Å². The molecule has 1 aliphatic carbocycles. The molecule has 0 aliphatic heterocycles. The molecule has 1 saturated carbocycles. The lowest BCUT2D eigenvalue weighted by Gasteiger charge is -2.24. The number of hydrogen-bond acceptors (Lipinski definition) is 1. The van der Waals surface area contributed by atoms with Crippen LogP contribution in [-0.4, -0.2) is 9.97 Å². The molecule has 90 valence electrons. The molecular weight excluding hydrogens is 208 g/mol. The first-order valence-electron chi connectivity index (χ1n) is 6.53. The second-order valence-electron chi connectivity index (χ2n) is 6.03. The predicted octanol–water partition coefficient (Wildman–Crippen LogP) is 4.17. The molecule has 0 spiro atoms. The monoisotopic (exact) mass is 228 g/mol. The Morgan fingerprint density at radius 3 is 2.82 bits per heavy atom. The normalized spacial score (nSPS) is 23.4.